The summed E-state index contributed by atoms with van der Waals surface area (Å²) < 4.78 is 13.6. The van der Waals surface area contributed by atoms with Crippen LogP contribution in [0.5, 0.6) is 5.88 Å². The van der Waals surface area contributed by atoms with Gasteiger partial charge in [-0.05, 0) is 30.3 Å². The Morgan fingerprint density at radius 3 is 2.63 bits per heavy atom. The average Bonchev–Trinajstić information content (AvgIpc) is 3.13. The van der Waals surface area contributed by atoms with Gasteiger partial charge in [0.1, 0.15) is 10.7 Å². The number of anilines is 2. The van der Waals surface area contributed by atoms with E-state index in [1.165, 1.54) is 18.2 Å². The maximum Gasteiger partial charge on any atom is 0.279 e. The number of aromatic hydroxyl groups is 1. The molecule has 3 aromatic rings. The van der Waals surface area contributed by atoms with Gasteiger partial charge in [0.25, 0.3) is 5.91 Å². The Morgan fingerprint density at radius 2 is 1.85 bits per heavy atom. The van der Waals surface area contributed by atoms with E-state index in [4.69, 9.17) is 34.8 Å². The molecule has 0 saturated carbocycles. The highest BCUT2D eigenvalue weighted by molar-refractivity contribution is 7.17. The number of hydrogen-bond acceptors (Lipinski definition) is 5. The van der Waals surface area contributed by atoms with E-state index < -0.39 is 17.6 Å². The first-order chi connectivity index (χ1) is 12.8. The Labute approximate surface area is 170 Å². The van der Waals surface area contributed by atoms with Crippen LogP contribution in [0.4, 0.5) is 15.2 Å². The molecule has 0 saturated heterocycles. The van der Waals surface area contributed by atoms with Gasteiger partial charge in [-0.2, -0.15) is 4.98 Å². The molecular weight excluding hydrogens is 436 g/mol. The normalized spacial score (nSPS) is 12.9. The summed E-state index contributed by atoms with van der Waals surface area (Å²) >= 11 is 19.2. The quantitative estimate of drug-likeness (QED) is 0.600. The average molecular weight is 443 g/mol. The topological polar surface area (TPSA) is 74.6 Å². The lowest BCUT2D eigenvalue weighted by molar-refractivity contribution is -0.112. The van der Waals surface area contributed by atoms with Crippen molar-refractivity contribution in [3.8, 4) is 5.88 Å². The standard InChI is InChI=1S/C17H7Cl3FN3O2S/c18-8-2-3-9(19)13(12(8)20)23-17-24-16(26)14(27-17)11-7-5-6(21)1-4-10(7)22-15(11)25/h1-5,26H,(H,23,24). The van der Waals surface area contributed by atoms with Crippen LogP contribution in [0.2, 0.25) is 15.1 Å². The number of benzene rings is 2. The number of thiazole rings is 1. The summed E-state index contributed by atoms with van der Waals surface area (Å²) in [5.41, 5.74) is 0.390. The number of rotatable bonds is 3. The minimum Gasteiger partial charge on any atom is -0.492 e. The summed E-state index contributed by atoms with van der Waals surface area (Å²) in [6.45, 7) is 0. The van der Waals surface area contributed by atoms with Gasteiger partial charge in [0.2, 0.25) is 5.88 Å². The smallest absolute Gasteiger partial charge is 0.279 e. The Kier molecular flexibility index (Phi) is 4.55. The van der Waals surface area contributed by atoms with Crippen molar-refractivity contribution in [3.63, 3.8) is 0 Å². The third-order valence-corrected chi connectivity index (χ3v) is 5.87. The van der Waals surface area contributed by atoms with Crippen molar-refractivity contribution in [2.24, 2.45) is 4.99 Å². The van der Waals surface area contributed by atoms with Crippen LogP contribution in [0.3, 0.4) is 0 Å². The summed E-state index contributed by atoms with van der Waals surface area (Å²) in [7, 11) is 0. The molecule has 0 bridgehead atoms. The van der Waals surface area contributed by atoms with Crippen LogP contribution in [-0.4, -0.2) is 16.0 Å². The summed E-state index contributed by atoms with van der Waals surface area (Å²) in [4.78, 5) is 20.3. The fourth-order valence-electron chi connectivity index (χ4n) is 2.58. The highest BCUT2D eigenvalue weighted by Crippen LogP contribution is 2.41. The predicted molar refractivity (Wildman–Crippen MR) is 103 cm³/mol. The van der Waals surface area contributed by atoms with Gasteiger partial charge in [-0.3, -0.25) is 4.79 Å². The van der Waals surface area contributed by atoms with Gasteiger partial charge in [-0.25, -0.2) is 9.38 Å². The highest BCUT2D eigenvalue weighted by atomic mass is 35.5. The summed E-state index contributed by atoms with van der Waals surface area (Å²) in [6, 6.07) is 6.90. The molecule has 0 atom stereocenters. The van der Waals surface area contributed by atoms with E-state index in [9.17, 15) is 14.3 Å². The highest BCUT2D eigenvalue weighted by Gasteiger charge is 2.25. The van der Waals surface area contributed by atoms with E-state index in [-0.39, 0.29) is 25.6 Å². The monoisotopic (exact) mass is 441 g/mol. The lowest BCUT2D eigenvalue weighted by Crippen LogP contribution is -2.23. The van der Waals surface area contributed by atoms with Crippen molar-refractivity contribution < 1.29 is 14.3 Å². The predicted octanol–water partition coefficient (Wildman–Crippen LogP) is 4.05. The van der Waals surface area contributed by atoms with Gasteiger partial charge in [-0.1, -0.05) is 46.1 Å². The van der Waals surface area contributed by atoms with Crippen LogP contribution in [0, 0.1) is 5.82 Å². The van der Waals surface area contributed by atoms with Crippen molar-refractivity contribution in [1.29, 1.82) is 0 Å². The second-order valence-electron chi connectivity index (χ2n) is 5.47. The molecule has 136 valence electrons. The SMILES string of the molecule is O=C1N=c2ccc(F)cc2=C1c1sc(Nc2c(Cl)ccc(Cl)c2Cl)nc1O. The Morgan fingerprint density at radius 1 is 1.11 bits per heavy atom. The minimum absolute atomic E-state index is 0.0795. The van der Waals surface area contributed by atoms with Gasteiger partial charge >= 0.3 is 0 Å². The second kappa shape index (κ2) is 6.76. The first-order valence-corrected chi connectivity index (χ1v) is 9.34. The molecular formula is C17H7Cl3FN3O2S. The molecule has 0 spiro atoms. The first-order valence-electron chi connectivity index (χ1n) is 7.39. The van der Waals surface area contributed by atoms with Crippen molar-refractivity contribution in [3.05, 3.63) is 66.7 Å². The number of carbonyl (C=O) groups excluding carboxylic acids is 1. The molecule has 2 N–H and O–H groups in total. The number of carbonyl (C=O) groups is 1. The Balaban J connectivity index is 1.82. The maximum absolute atomic E-state index is 13.6. The molecule has 5 nitrogen and oxygen atoms in total. The number of hydrogen-bond donors (Lipinski definition) is 2. The van der Waals surface area contributed by atoms with E-state index >= 15 is 0 Å². The van der Waals surface area contributed by atoms with Gasteiger partial charge in [0.05, 0.1) is 31.7 Å². The number of fused-ring (bicyclic) bond motifs is 1. The van der Waals surface area contributed by atoms with Gasteiger partial charge < -0.3 is 10.4 Å². The van der Waals surface area contributed by atoms with Crippen LogP contribution in [0.15, 0.2) is 35.3 Å². The molecule has 0 fully saturated rings. The molecule has 0 radical (unpaired) electrons. The zero-order chi connectivity index (χ0) is 19.3. The molecule has 4 rings (SSSR count). The maximum atomic E-state index is 13.6. The Bertz CT molecular complexity index is 1240. The van der Waals surface area contributed by atoms with E-state index in [1.807, 2.05) is 0 Å². The molecule has 10 heteroatoms. The molecule has 1 aliphatic rings. The fourth-order valence-corrected chi connectivity index (χ4v) is 4.12. The van der Waals surface area contributed by atoms with Crippen LogP contribution < -0.4 is 15.9 Å². The van der Waals surface area contributed by atoms with Crippen LogP contribution in [0.1, 0.15) is 4.88 Å². The van der Waals surface area contributed by atoms with Crippen molar-refractivity contribution in [1.82, 2.24) is 4.98 Å². The fraction of sp³-hybridized carbons (Fsp3) is 0. The van der Waals surface area contributed by atoms with Gasteiger partial charge in [-0.15, -0.1) is 0 Å². The summed E-state index contributed by atoms with van der Waals surface area (Å²) in [5, 5.41) is 14.7. The zero-order valence-electron chi connectivity index (χ0n) is 13.1. The Hall–Kier alpha value is -2.19. The summed E-state index contributed by atoms with van der Waals surface area (Å²) in [5.74, 6) is -1.50. The lowest BCUT2D eigenvalue weighted by Gasteiger charge is -2.08. The molecule has 1 aliphatic heterocycles. The van der Waals surface area contributed by atoms with Crippen LogP contribution in [0.25, 0.3) is 5.57 Å². The zero-order valence-corrected chi connectivity index (χ0v) is 16.1. The van der Waals surface area contributed by atoms with E-state index in [0.717, 1.165) is 11.3 Å². The van der Waals surface area contributed by atoms with Crippen LogP contribution >= 0.6 is 46.1 Å². The number of halogens is 4. The molecule has 1 aromatic heterocycles. The third-order valence-electron chi connectivity index (χ3n) is 3.78. The number of amides is 1. The molecule has 2 aromatic carbocycles. The molecule has 27 heavy (non-hydrogen) atoms. The molecule has 2 heterocycles. The van der Waals surface area contributed by atoms with Gasteiger partial charge in [0.15, 0.2) is 5.13 Å². The van der Waals surface area contributed by atoms with E-state index in [0.29, 0.717) is 21.3 Å². The largest absolute Gasteiger partial charge is 0.492 e. The van der Waals surface area contributed by atoms with Crippen molar-refractivity contribution in [2.75, 3.05) is 5.32 Å². The minimum atomic E-state index is -0.583. The number of nitrogens with zero attached hydrogens (tertiary/aromatic N) is 2. The third kappa shape index (κ3) is 3.17. The van der Waals surface area contributed by atoms with E-state index in [1.54, 1.807) is 12.1 Å². The molecule has 0 aliphatic carbocycles. The molecule has 0 unspecified atom stereocenters. The van der Waals surface area contributed by atoms with Crippen molar-refractivity contribution in [2.45, 2.75) is 0 Å². The van der Waals surface area contributed by atoms with E-state index in [2.05, 4.69) is 15.3 Å². The molecule has 1 amide bonds. The number of aromatic nitrogens is 1. The van der Waals surface area contributed by atoms with Gasteiger partial charge in [0, 0.05) is 5.22 Å². The number of nitrogens with one attached hydrogen (secondary N) is 1. The first kappa shape index (κ1) is 18.2. The second-order valence-corrected chi connectivity index (χ2v) is 7.66. The summed E-state index contributed by atoms with van der Waals surface area (Å²) in [6.07, 6.45) is 0. The van der Waals surface area contributed by atoms with Crippen LogP contribution in [-0.2, 0) is 4.79 Å². The lowest BCUT2D eigenvalue weighted by atomic mass is 10.1. The van der Waals surface area contributed by atoms with Crippen molar-refractivity contribution >= 4 is 68.4 Å².